The Morgan fingerprint density at radius 2 is 0.905 bits per heavy atom. The summed E-state index contributed by atoms with van der Waals surface area (Å²) in [6, 6.07) is 33.0. The van der Waals surface area contributed by atoms with Crippen LogP contribution in [0.5, 0.6) is 0 Å². The van der Waals surface area contributed by atoms with Crippen LogP contribution in [0.4, 0.5) is 24.5 Å². The summed E-state index contributed by atoms with van der Waals surface area (Å²) in [5, 5.41) is 17.4. The summed E-state index contributed by atoms with van der Waals surface area (Å²) in [5.74, 6) is -7.43. The highest BCUT2D eigenvalue weighted by atomic mass is 35.5. The minimum absolute atomic E-state index is 0.00316. The minimum atomic E-state index is -5.08. The Kier molecular flexibility index (Phi) is 19.2. The van der Waals surface area contributed by atoms with Crippen molar-refractivity contribution in [1.82, 2.24) is 9.80 Å². The molecule has 434 valence electrons. The van der Waals surface area contributed by atoms with E-state index in [1.165, 1.54) is 88.7 Å². The zero-order valence-corrected chi connectivity index (χ0v) is 46.1. The molecule has 28 heteroatoms. The molecular formula is C56H42Cl2F3N5O16S2. The van der Waals surface area contributed by atoms with Crippen LogP contribution >= 0.6 is 23.2 Å². The molecule has 0 saturated carbocycles. The molecule has 0 aromatic heterocycles. The number of alkyl halides is 3. The van der Waals surface area contributed by atoms with Crippen LogP contribution in [-0.2, 0) is 61.5 Å². The van der Waals surface area contributed by atoms with Gasteiger partial charge in [-0.2, -0.15) is 13.2 Å². The summed E-state index contributed by atoms with van der Waals surface area (Å²) < 4.78 is 90.6. The highest BCUT2D eigenvalue weighted by molar-refractivity contribution is 7.92. The van der Waals surface area contributed by atoms with Gasteiger partial charge in [-0.25, -0.2) is 31.2 Å². The number of rotatable bonds is 11. The van der Waals surface area contributed by atoms with Crippen molar-refractivity contribution < 1.29 is 88.1 Å². The number of sulfone groups is 2. The third-order valence-electron chi connectivity index (χ3n) is 12.3. The van der Waals surface area contributed by atoms with Crippen LogP contribution in [0.1, 0.15) is 52.6 Å². The number of esters is 1. The van der Waals surface area contributed by atoms with E-state index in [1.54, 1.807) is 66.7 Å². The summed E-state index contributed by atoms with van der Waals surface area (Å²) >= 11 is 12.2. The molecule has 0 spiro atoms. The molecule has 84 heavy (non-hydrogen) atoms. The monoisotopic (exact) mass is 1230 g/mol. The summed E-state index contributed by atoms with van der Waals surface area (Å²) in [6.45, 7) is 0.248. The Labute approximate surface area is 485 Å². The van der Waals surface area contributed by atoms with Gasteiger partial charge in [0.05, 0.1) is 72.8 Å². The van der Waals surface area contributed by atoms with Crippen LogP contribution in [0.15, 0.2) is 177 Å². The van der Waals surface area contributed by atoms with Crippen molar-refractivity contribution in [1.29, 1.82) is 0 Å². The number of carbonyl (C=O) groups is 9. The lowest BCUT2D eigenvalue weighted by Gasteiger charge is -2.23. The highest BCUT2D eigenvalue weighted by Crippen LogP contribution is 2.40. The van der Waals surface area contributed by atoms with Crippen molar-refractivity contribution in [3.05, 3.63) is 201 Å². The maximum Gasteiger partial charge on any atom is 0.490 e. The van der Waals surface area contributed by atoms with E-state index >= 15 is 0 Å². The van der Waals surface area contributed by atoms with E-state index in [-0.39, 0.29) is 91.3 Å². The van der Waals surface area contributed by atoms with Gasteiger partial charge in [0.15, 0.2) is 0 Å². The number of fused-ring (bicyclic) bond motifs is 4. The predicted molar refractivity (Wildman–Crippen MR) is 292 cm³/mol. The highest BCUT2D eigenvalue weighted by Gasteiger charge is 2.39. The van der Waals surface area contributed by atoms with Gasteiger partial charge in [-0.15, -0.1) is 0 Å². The molecule has 0 atom stereocenters. The van der Waals surface area contributed by atoms with Crippen molar-refractivity contribution in [2.75, 3.05) is 36.0 Å². The number of imide groups is 2. The molecule has 4 aliphatic rings. The Bertz CT molecular complexity index is 3970. The van der Waals surface area contributed by atoms with Gasteiger partial charge < -0.3 is 30.5 Å². The predicted octanol–water partition coefficient (Wildman–Crippen LogP) is 6.95. The van der Waals surface area contributed by atoms with E-state index in [9.17, 15) is 73.5 Å². The molecule has 0 bridgehead atoms. The van der Waals surface area contributed by atoms with Crippen LogP contribution in [0.25, 0.3) is 0 Å². The van der Waals surface area contributed by atoms with Crippen molar-refractivity contribution in [3.8, 4) is 0 Å². The van der Waals surface area contributed by atoms with Gasteiger partial charge in [0, 0.05) is 47.4 Å². The zero-order valence-electron chi connectivity index (χ0n) is 42.9. The maximum atomic E-state index is 13.7. The molecule has 0 unspecified atom stereocenters. The average molecular weight is 1230 g/mol. The number of hydrogen-bond acceptors (Lipinski definition) is 15. The Morgan fingerprint density at radius 1 is 0.512 bits per heavy atom. The number of carboxylic acid groups (broad SMARTS) is 2. The molecule has 0 aliphatic carbocycles. The summed E-state index contributed by atoms with van der Waals surface area (Å²) in [5.41, 5.74) is 6.42. The van der Waals surface area contributed by atoms with Gasteiger partial charge in [0.25, 0.3) is 35.4 Å². The first kappa shape index (κ1) is 62.3. The number of hydrogen-bond donors (Lipinski definition) is 3. The number of carbonyl (C=O) groups excluding carboxylic acids is 7. The Morgan fingerprint density at radius 3 is 1.30 bits per heavy atom. The van der Waals surface area contributed by atoms with Crippen molar-refractivity contribution in [3.63, 3.8) is 0 Å². The third kappa shape index (κ3) is 13.9. The van der Waals surface area contributed by atoms with Crippen LogP contribution in [0.2, 0.25) is 10.0 Å². The van der Waals surface area contributed by atoms with Gasteiger partial charge in [-0.1, -0.05) is 71.7 Å². The SMILES string of the molecule is NCCN1C(=O)C=CC1=O.O=C(O)C(F)(F)F.O=C(O)c1ccc2c(c1)N(Cc1cccc(Cl)c1)C(=O)c1ccccc1S2(=O)=O.O=C(OCCN1C(=O)C=CC1=O)c1ccc2c(c1)N(Cc1cccc(Cl)c1)C(=O)c1ccccc1S2(=O)=O. The van der Waals surface area contributed by atoms with Gasteiger partial charge >= 0.3 is 24.1 Å². The first-order valence-corrected chi connectivity index (χ1v) is 27.9. The van der Waals surface area contributed by atoms with Crippen LogP contribution < -0.4 is 15.5 Å². The van der Waals surface area contributed by atoms with Crippen molar-refractivity contribution in [2.24, 2.45) is 5.73 Å². The largest absolute Gasteiger partial charge is 0.490 e. The number of halogens is 5. The van der Waals surface area contributed by atoms with Gasteiger partial charge in [-0.05, 0) is 96.1 Å². The molecule has 0 saturated heterocycles. The second kappa shape index (κ2) is 25.8. The number of aromatic carboxylic acids is 1. The van der Waals surface area contributed by atoms with Crippen LogP contribution in [-0.4, -0.2) is 123 Å². The molecule has 21 nitrogen and oxygen atoms in total. The lowest BCUT2D eigenvalue weighted by molar-refractivity contribution is -0.192. The lowest BCUT2D eigenvalue weighted by atomic mass is 10.1. The van der Waals surface area contributed by atoms with Crippen molar-refractivity contribution >= 4 is 108 Å². The molecule has 6 aromatic rings. The third-order valence-corrected chi connectivity index (χ3v) is 16.5. The van der Waals surface area contributed by atoms with Gasteiger partial charge in [0.2, 0.25) is 19.7 Å². The average Bonchev–Trinajstić information content (AvgIpc) is 1.93. The first-order chi connectivity index (χ1) is 39.6. The van der Waals surface area contributed by atoms with Crippen molar-refractivity contribution in [2.45, 2.75) is 38.8 Å². The molecule has 6 aromatic carbocycles. The van der Waals surface area contributed by atoms with E-state index in [1.807, 2.05) is 0 Å². The zero-order chi connectivity index (χ0) is 61.4. The maximum absolute atomic E-state index is 13.7. The van der Waals surface area contributed by atoms with E-state index in [2.05, 4.69) is 0 Å². The van der Waals surface area contributed by atoms with Gasteiger partial charge in [-0.3, -0.25) is 38.6 Å². The fourth-order valence-corrected chi connectivity index (χ4v) is 12.1. The van der Waals surface area contributed by atoms with E-state index < -0.39 is 67.4 Å². The first-order valence-electron chi connectivity index (χ1n) is 24.2. The van der Waals surface area contributed by atoms with E-state index in [0.717, 1.165) is 22.0 Å². The number of ether oxygens (including phenoxy) is 1. The fourth-order valence-electron chi connectivity index (χ4n) is 8.37. The number of aliphatic carboxylic acids is 1. The molecular weight excluding hydrogens is 1190 g/mol. The number of anilines is 2. The van der Waals surface area contributed by atoms with E-state index in [0.29, 0.717) is 34.3 Å². The molecule has 0 radical (unpaired) electrons. The standard InChI is InChI=1S/C27H19ClN2O7S.C21H14ClNO5S.C6H8N2O2.C2HF3O2/c28-19-5-3-4-17(14-19)16-30-21-15-18(27(34)37-13-12-29-24(31)10-11-25(29)32)8-9-23(21)38(35,36)22-7-2-1-6-20(22)26(30)33;22-15-5-3-4-13(10-15)12-23-17-11-14(21(25)26)8-9-19(17)29(27,28)18-7-2-1-6-16(18)20(23)24;7-3-4-8-5(9)1-2-6(8)10;3-2(4,5)1(6)7/h1-11,14-15H,12-13,16H2;1-11H,12H2,(H,25,26);1-2H,3-4,7H2;(H,6,7). The number of nitrogens with two attached hydrogens (primary N) is 1. The topological polar surface area (TPSA) is 311 Å². The quantitative estimate of drug-likeness (QED) is 0.0873. The summed E-state index contributed by atoms with van der Waals surface area (Å²) in [4.78, 5) is 109. The molecule has 0 fully saturated rings. The number of benzene rings is 6. The number of carboxylic acids is 2. The minimum Gasteiger partial charge on any atom is -0.478 e. The summed E-state index contributed by atoms with van der Waals surface area (Å²) in [6.07, 6.45) is -0.336. The van der Waals surface area contributed by atoms with Crippen LogP contribution in [0.3, 0.4) is 0 Å². The second-order valence-electron chi connectivity index (χ2n) is 17.8. The molecule has 4 aliphatic heterocycles. The normalized spacial score (nSPS) is 15.2. The van der Waals surface area contributed by atoms with Gasteiger partial charge in [0.1, 0.15) is 6.61 Å². The fraction of sp³-hybridized carbons (Fsp3) is 0.125. The molecule has 4 heterocycles. The second-order valence-corrected chi connectivity index (χ2v) is 22.4. The molecule has 10 rings (SSSR count). The van der Waals surface area contributed by atoms with E-state index in [4.69, 9.17) is 43.6 Å². The Hall–Kier alpha value is -9.34. The number of amides is 6. The summed E-state index contributed by atoms with van der Waals surface area (Å²) in [7, 11) is -8.14. The van der Waals surface area contributed by atoms with Crippen LogP contribution in [0, 0.1) is 0 Å². The smallest absolute Gasteiger partial charge is 0.478 e. The molecule has 6 amide bonds. The Balaban J connectivity index is 0.000000192. The number of nitrogens with zero attached hydrogens (tertiary/aromatic N) is 4. The lowest BCUT2D eigenvalue weighted by Crippen LogP contribution is -2.34. The molecule has 4 N–H and O–H groups in total.